The monoisotopic (exact) mass is 352 g/mol. The first kappa shape index (κ1) is 18.4. The van der Waals surface area contributed by atoms with Crippen LogP contribution in [-0.4, -0.2) is 41.9 Å². The summed E-state index contributed by atoms with van der Waals surface area (Å²) in [5.74, 6) is -0.989. The number of carbonyl (C=O) groups excluding carboxylic acids is 1. The number of carbonyl (C=O) groups is 1. The standard InChI is InChI=1S/C18H18F2N2O.ClH/c19-16-7-3-1-5-14(16)13-21-9-11-22(12-10-21)18(23)15-6-2-4-8-17(15)20;/h1-8H,9-13H2;1H. The van der Waals surface area contributed by atoms with Crippen LogP contribution in [0.4, 0.5) is 8.78 Å². The molecule has 1 aliphatic rings. The maximum absolute atomic E-state index is 13.7. The molecule has 24 heavy (non-hydrogen) atoms. The van der Waals surface area contributed by atoms with E-state index in [4.69, 9.17) is 0 Å². The summed E-state index contributed by atoms with van der Waals surface area (Å²) in [5.41, 5.74) is 0.761. The number of halogens is 3. The molecule has 1 heterocycles. The second kappa shape index (κ2) is 8.22. The molecule has 1 amide bonds. The summed E-state index contributed by atoms with van der Waals surface area (Å²) in [4.78, 5) is 16.1. The van der Waals surface area contributed by atoms with Gasteiger partial charge in [-0.25, -0.2) is 8.78 Å². The normalized spacial score (nSPS) is 15.0. The highest BCUT2D eigenvalue weighted by Gasteiger charge is 2.24. The molecule has 0 bridgehead atoms. The Morgan fingerprint density at radius 2 is 1.46 bits per heavy atom. The highest BCUT2D eigenvalue weighted by atomic mass is 35.5. The van der Waals surface area contributed by atoms with E-state index in [1.54, 1.807) is 29.2 Å². The minimum atomic E-state index is -0.494. The van der Waals surface area contributed by atoms with E-state index < -0.39 is 5.82 Å². The van der Waals surface area contributed by atoms with Gasteiger partial charge in [-0.1, -0.05) is 30.3 Å². The molecule has 3 nitrogen and oxygen atoms in total. The maximum Gasteiger partial charge on any atom is 0.256 e. The first-order valence-corrected chi connectivity index (χ1v) is 7.65. The average Bonchev–Trinajstić information content (AvgIpc) is 2.57. The van der Waals surface area contributed by atoms with Crippen LogP contribution in [0, 0.1) is 11.6 Å². The third-order valence-corrected chi connectivity index (χ3v) is 4.12. The van der Waals surface area contributed by atoms with Crippen LogP contribution in [0.2, 0.25) is 0 Å². The summed E-state index contributed by atoms with van der Waals surface area (Å²) in [6, 6.07) is 12.7. The van der Waals surface area contributed by atoms with Gasteiger partial charge in [-0.05, 0) is 18.2 Å². The quantitative estimate of drug-likeness (QED) is 0.845. The van der Waals surface area contributed by atoms with E-state index >= 15 is 0 Å². The van der Waals surface area contributed by atoms with Crippen molar-refractivity contribution in [3.05, 3.63) is 71.3 Å². The molecular weight excluding hydrogens is 334 g/mol. The van der Waals surface area contributed by atoms with Gasteiger partial charge in [0.1, 0.15) is 11.6 Å². The molecule has 0 saturated carbocycles. The molecule has 0 aromatic heterocycles. The Labute approximate surface area is 146 Å². The lowest BCUT2D eigenvalue weighted by molar-refractivity contribution is 0.0622. The smallest absolute Gasteiger partial charge is 0.256 e. The third-order valence-electron chi connectivity index (χ3n) is 4.12. The fraction of sp³-hybridized carbons (Fsp3) is 0.278. The van der Waals surface area contributed by atoms with Crippen molar-refractivity contribution in [1.82, 2.24) is 9.80 Å². The predicted octanol–water partition coefficient (Wildman–Crippen LogP) is 3.34. The van der Waals surface area contributed by atoms with Gasteiger partial charge in [0.15, 0.2) is 0 Å². The second-order valence-electron chi connectivity index (χ2n) is 5.64. The zero-order valence-electron chi connectivity index (χ0n) is 13.1. The zero-order valence-corrected chi connectivity index (χ0v) is 13.9. The van der Waals surface area contributed by atoms with E-state index in [0.717, 1.165) is 0 Å². The van der Waals surface area contributed by atoms with Crippen LogP contribution in [0.15, 0.2) is 48.5 Å². The second-order valence-corrected chi connectivity index (χ2v) is 5.64. The van der Waals surface area contributed by atoms with Crippen molar-refractivity contribution in [3.8, 4) is 0 Å². The third kappa shape index (κ3) is 4.10. The van der Waals surface area contributed by atoms with Crippen LogP contribution in [-0.2, 0) is 6.54 Å². The molecule has 2 aromatic rings. The average molecular weight is 353 g/mol. The van der Waals surface area contributed by atoms with Gasteiger partial charge in [-0.15, -0.1) is 12.4 Å². The first-order chi connectivity index (χ1) is 11.1. The maximum atomic E-state index is 13.7. The van der Waals surface area contributed by atoms with Crippen molar-refractivity contribution in [2.24, 2.45) is 0 Å². The molecule has 1 fully saturated rings. The van der Waals surface area contributed by atoms with Gasteiger partial charge >= 0.3 is 0 Å². The SMILES string of the molecule is Cl.O=C(c1ccccc1F)N1CCN(Cc2ccccc2F)CC1. The topological polar surface area (TPSA) is 23.6 Å². The summed E-state index contributed by atoms with van der Waals surface area (Å²) in [5, 5.41) is 0. The van der Waals surface area contributed by atoms with Gasteiger partial charge in [0.05, 0.1) is 5.56 Å². The number of benzene rings is 2. The van der Waals surface area contributed by atoms with Gasteiger partial charge in [-0.2, -0.15) is 0 Å². The molecule has 0 aliphatic carbocycles. The number of piperazine rings is 1. The van der Waals surface area contributed by atoms with Crippen LogP contribution in [0.25, 0.3) is 0 Å². The number of nitrogens with zero attached hydrogens (tertiary/aromatic N) is 2. The molecular formula is C18H19ClF2N2O. The highest BCUT2D eigenvalue weighted by Crippen LogP contribution is 2.15. The van der Waals surface area contributed by atoms with Crippen LogP contribution >= 0.6 is 12.4 Å². The molecule has 0 unspecified atom stereocenters. The van der Waals surface area contributed by atoms with Crippen LogP contribution in [0.1, 0.15) is 15.9 Å². The number of rotatable bonds is 3. The molecule has 128 valence electrons. The molecule has 0 N–H and O–H groups in total. The van der Waals surface area contributed by atoms with E-state index in [-0.39, 0.29) is 29.7 Å². The van der Waals surface area contributed by atoms with Crippen molar-refractivity contribution in [2.45, 2.75) is 6.54 Å². The summed E-state index contributed by atoms with van der Waals surface area (Å²) in [6.45, 7) is 2.85. The van der Waals surface area contributed by atoms with Gasteiger partial charge < -0.3 is 4.90 Å². The van der Waals surface area contributed by atoms with Crippen molar-refractivity contribution in [3.63, 3.8) is 0 Å². The van der Waals surface area contributed by atoms with E-state index in [0.29, 0.717) is 38.3 Å². The Morgan fingerprint density at radius 3 is 2.08 bits per heavy atom. The Balaban J connectivity index is 0.00000208. The number of hydrogen-bond acceptors (Lipinski definition) is 2. The number of amides is 1. The van der Waals surface area contributed by atoms with Crippen LogP contribution in [0.5, 0.6) is 0 Å². The molecule has 0 radical (unpaired) electrons. The van der Waals surface area contributed by atoms with Gasteiger partial charge in [0.2, 0.25) is 0 Å². The number of hydrogen-bond donors (Lipinski definition) is 0. The largest absolute Gasteiger partial charge is 0.336 e. The lowest BCUT2D eigenvalue weighted by Gasteiger charge is -2.34. The predicted molar refractivity (Wildman–Crippen MR) is 91.2 cm³/mol. The molecule has 1 saturated heterocycles. The van der Waals surface area contributed by atoms with E-state index in [9.17, 15) is 13.6 Å². The molecule has 3 rings (SSSR count). The van der Waals surface area contributed by atoms with Gasteiger partial charge in [0, 0.05) is 38.3 Å². The Kier molecular flexibility index (Phi) is 6.29. The van der Waals surface area contributed by atoms with Crippen molar-refractivity contribution in [2.75, 3.05) is 26.2 Å². The molecule has 0 atom stereocenters. The van der Waals surface area contributed by atoms with Gasteiger partial charge in [0.25, 0.3) is 5.91 Å². The van der Waals surface area contributed by atoms with Crippen molar-refractivity contribution >= 4 is 18.3 Å². The van der Waals surface area contributed by atoms with Crippen molar-refractivity contribution < 1.29 is 13.6 Å². The molecule has 2 aromatic carbocycles. The van der Waals surface area contributed by atoms with Crippen molar-refractivity contribution in [1.29, 1.82) is 0 Å². The Morgan fingerprint density at radius 1 is 0.875 bits per heavy atom. The zero-order chi connectivity index (χ0) is 16.2. The van der Waals surface area contributed by atoms with Crippen LogP contribution < -0.4 is 0 Å². The van der Waals surface area contributed by atoms with E-state index in [1.807, 2.05) is 6.07 Å². The summed E-state index contributed by atoms with van der Waals surface area (Å²) in [7, 11) is 0. The fourth-order valence-corrected chi connectivity index (χ4v) is 2.78. The lowest BCUT2D eigenvalue weighted by atomic mass is 10.1. The molecule has 1 aliphatic heterocycles. The summed E-state index contributed by atoms with van der Waals surface area (Å²) in [6.07, 6.45) is 0. The Hall–Kier alpha value is -1.98. The minimum absolute atomic E-state index is 0. The van der Waals surface area contributed by atoms with Gasteiger partial charge in [-0.3, -0.25) is 9.69 Å². The summed E-state index contributed by atoms with van der Waals surface area (Å²) >= 11 is 0. The minimum Gasteiger partial charge on any atom is -0.336 e. The molecule has 0 spiro atoms. The first-order valence-electron chi connectivity index (χ1n) is 7.65. The van der Waals surface area contributed by atoms with Crippen LogP contribution in [0.3, 0.4) is 0 Å². The lowest BCUT2D eigenvalue weighted by Crippen LogP contribution is -2.48. The summed E-state index contributed by atoms with van der Waals surface area (Å²) < 4.78 is 27.4. The van der Waals surface area contributed by atoms with E-state index in [2.05, 4.69) is 4.90 Å². The fourth-order valence-electron chi connectivity index (χ4n) is 2.78. The highest BCUT2D eigenvalue weighted by molar-refractivity contribution is 5.94. The van der Waals surface area contributed by atoms with E-state index in [1.165, 1.54) is 18.2 Å². The molecule has 6 heteroatoms. The Bertz CT molecular complexity index is 703.